The minimum Gasteiger partial charge on any atom is -0.319 e. The quantitative estimate of drug-likeness (QED) is 0.377. The van der Waals surface area contributed by atoms with Crippen LogP contribution in [0.5, 0.6) is 0 Å². The summed E-state index contributed by atoms with van der Waals surface area (Å²) in [6.45, 7) is 2.74. The number of benzene rings is 2. The summed E-state index contributed by atoms with van der Waals surface area (Å²) in [5.41, 5.74) is 3.96. The first kappa shape index (κ1) is 19.9. The van der Waals surface area contributed by atoms with Crippen LogP contribution in [0.1, 0.15) is 18.1 Å². The van der Waals surface area contributed by atoms with Crippen molar-refractivity contribution < 1.29 is 18.0 Å². The molecule has 0 radical (unpaired) electrons. The monoisotopic (exact) mass is 406 g/mol. The van der Waals surface area contributed by atoms with Gasteiger partial charge in [0.05, 0.1) is 28.6 Å². The first-order chi connectivity index (χ1) is 13.4. The Morgan fingerprint density at radius 3 is 2.61 bits per heavy atom. The fourth-order valence-corrected chi connectivity index (χ4v) is 3.44. The zero-order valence-electron chi connectivity index (χ0n) is 14.9. The molecule has 1 N–H and O–H groups in total. The molecule has 0 aliphatic heterocycles. The summed E-state index contributed by atoms with van der Waals surface area (Å²) in [4.78, 5) is 16.5. The van der Waals surface area contributed by atoms with Crippen LogP contribution in [0.25, 0.3) is 11.0 Å². The van der Waals surface area contributed by atoms with Crippen molar-refractivity contribution in [3.63, 3.8) is 0 Å². The molecule has 1 heterocycles. The van der Waals surface area contributed by atoms with Gasteiger partial charge in [-0.1, -0.05) is 36.0 Å². The van der Waals surface area contributed by atoms with Gasteiger partial charge in [-0.05, 0) is 36.8 Å². The molecule has 1 aromatic heterocycles. The van der Waals surface area contributed by atoms with E-state index in [0.29, 0.717) is 5.56 Å². The van der Waals surface area contributed by atoms with E-state index in [1.807, 2.05) is 35.8 Å². The SMILES string of the molecule is CCn1c(SCC(=O)NN=Cc2ccc(C(F)(F)F)cc2)nc2ccccc21. The maximum atomic E-state index is 12.5. The van der Waals surface area contributed by atoms with Gasteiger partial charge in [0.1, 0.15) is 0 Å². The molecule has 0 bridgehead atoms. The molecule has 0 aliphatic rings. The summed E-state index contributed by atoms with van der Waals surface area (Å²) in [6.07, 6.45) is -3.08. The molecule has 9 heteroatoms. The second-order valence-electron chi connectivity index (χ2n) is 5.83. The largest absolute Gasteiger partial charge is 0.416 e. The molecule has 0 saturated heterocycles. The van der Waals surface area contributed by atoms with Gasteiger partial charge in [0, 0.05) is 6.54 Å². The Kier molecular flexibility index (Phi) is 6.03. The molecule has 0 atom stereocenters. The van der Waals surface area contributed by atoms with Crippen molar-refractivity contribution in [1.29, 1.82) is 0 Å². The predicted octanol–water partition coefficient (Wildman–Crippen LogP) is 4.32. The first-order valence-corrected chi connectivity index (χ1v) is 9.44. The summed E-state index contributed by atoms with van der Waals surface area (Å²) in [5, 5.41) is 4.53. The minimum atomic E-state index is -4.38. The number of hydrogen-bond acceptors (Lipinski definition) is 4. The third kappa shape index (κ3) is 4.72. The van der Waals surface area contributed by atoms with Gasteiger partial charge in [-0.25, -0.2) is 10.4 Å². The number of carbonyl (C=O) groups is 1. The van der Waals surface area contributed by atoms with Gasteiger partial charge in [0.15, 0.2) is 5.16 Å². The Morgan fingerprint density at radius 1 is 1.21 bits per heavy atom. The molecule has 0 aliphatic carbocycles. The number of hydrogen-bond donors (Lipinski definition) is 1. The number of nitrogens with one attached hydrogen (secondary N) is 1. The Bertz CT molecular complexity index is 997. The van der Waals surface area contributed by atoms with Gasteiger partial charge in [0.25, 0.3) is 5.91 Å². The van der Waals surface area contributed by atoms with Gasteiger partial charge in [0.2, 0.25) is 0 Å². The van der Waals surface area contributed by atoms with Crippen molar-refractivity contribution in [1.82, 2.24) is 15.0 Å². The van der Waals surface area contributed by atoms with E-state index in [-0.39, 0.29) is 11.7 Å². The highest BCUT2D eigenvalue weighted by molar-refractivity contribution is 7.99. The van der Waals surface area contributed by atoms with Crippen molar-refractivity contribution >= 4 is 34.9 Å². The van der Waals surface area contributed by atoms with Crippen LogP contribution in [0.3, 0.4) is 0 Å². The average Bonchev–Trinajstić information content (AvgIpc) is 3.03. The molecule has 28 heavy (non-hydrogen) atoms. The first-order valence-electron chi connectivity index (χ1n) is 8.45. The summed E-state index contributed by atoms with van der Waals surface area (Å²) < 4.78 is 39.6. The number of amides is 1. The number of para-hydroxylation sites is 2. The second-order valence-corrected chi connectivity index (χ2v) is 6.77. The highest BCUT2D eigenvalue weighted by Gasteiger charge is 2.29. The molecule has 3 rings (SSSR count). The normalized spacial score (nSPS) is 12.0. The summed E-state index contributed by atoms with van der Waals surface area (Å²) in [5.74, 6) is -0.212. The molecule has 0 saturated carbocycles. The van der Waals surface area contributed by atoms with Crippen LogP contribution in [0.15, 0.2) is 58.8 Å². The van der Waals surface area contributed by atoms with Crippen LogP contribution < -0.4 is 5.43 Å². The van der Waals surface area contributed by atoms with Gasteiger partial charge < -0.3 is 4.57 Å². The topological polar surface area (TPSA) is 59.3 Å². The lowest BCUT2D eigenvalue weighted by atomic mass is 10.1. The lowest BCUT2D eigenvalue weighted by molar-refractivity contribution is -0.137. The Labute approximate surface area is 163 Å². The maximum Gasteiger partial charge on any atom is 0.416 e. The van der Waals surface area contributed by atoms with Gasteiger partial charge >= 0.3 is 6.18 Å². The Morgan fingerprint density at radius 2 is 1.93 bits per heavy atom. The van der Waals surface area contributed by atoms with Gasteiger partial charge in [-0.3, -0.25) is 4.79 Å². The maximum absolute atomic E-state index is 12.5. The second kappa shape index (κ2) is 8.47. The van der Waals surface area contributed by atoms with E-state index in [1.165, 1.54) is 30.1 Å². The van der Waals surface area contributed by atoms with Crippen molar-refractivity contribution in [2.24, 2.45) is 5.10 Å². The lowest BCUT2D eigenvalue weighted by Crippen LogP contribution is -2.20. The fraction of sp³-hybridized carbons (Fsp3) is 0.211. The number of rotatable bonds is 6. The highest BCUT2D eigenvalue weighted by atomic mass is 32.2. The number of aromatic nitrogens is 2. The molecule has 0 fully saturated rings. The number of carbonyl (C=O) groups excluding carboxylic acids is 1. The highest BCUT2D eigenvalue weighted by Crippen LogP contribution is 2.29. The number of hydrazone groups is 1. The van der Waals surface area contributed by atoms with E-state index in [9.17, 15) is 18.0 Å². The number of nitrogens with zero attached hydrogens (tertiary/aromatic N) is 3. The van der Waals surface area contributed by atoms with Crippen LogP contribution in [-0.2, 0) is 17.5 Å². The molecule has 1 amide bonds. The van der Waals surface area contributed by atoms with E-state index in [1.54, 1.807) is 0 Å². The number of alkyl halides is 3. The average molecular weight is 406 g/mol. The zero-order chi connectivity index (χ0) is 20.1. The van der Waals surface area contributed by atoms with E-state index in [2.05, 4.69) is 15.5 Å². The fourth-order valence-electron chi connectivity index (χ4n) is 2.57. The van der Waals surface area contributed by atoms with E-state index < -0.39 is 11.7 Å². The third-order valence-corrected chi connectivity index (χ3v) is 4.89. The van der Waals surface area contributed by atoms with Crippen molar-refractivity contribution in [3.05, 3.63) is 59.7 Å². The number of halogens is 3. The van der Waals surface area contributed by atoms with E-state index in [0.717, 1.165) is 34.9 Å². The molecule has 2 aromatic carbocycles. The van der Waals surface area contributed by atoms with Crippen molar-refractivity contribution in [3.8, 4) is 0 Å². The molecular formula is C19H17F3N4OS. The number of imidazole rings is 1. The summed E-state index contributed by atoms with van der Waals surface area (Å²) in [7, 11) is 0. The molecule has 3 aromatic rings. The van der Waals surface area contributed by atoms with Crippen LogP contribution in [0.2, 0.25) is 0 Å². The van der Waals surface area contributed by atoms with Crippen LogP contribution in [-0.4, -0.2) is 27.4 Å². The summed E-state index contributed by atoms with van der Waals surface area (Å²) >= 11 is 1.30. The standard InChI is InChI=1S/C19H17F3N4OS/c1-2-26-16-6-4-3-5-15(16)24-18(26)28-12-17(27)25-23-11-13-7-9-14(10-8-13)19(20,21)22/h3-11H,2,12H2,1H3,(H,25,27). The minimum absolute atomic E-state index is 0.119. The molecule has 146 valence electrons. The Balaban J connectivity index is 1.56. The Hall–Kier alpha value is -2.81. The van der Waals surface area contributed by atoms with E-state index >= 15 is 0 Å². The molecule has 0 unspecified atom stereocenters. The smallest absolute Gasteiger partial charge is 0.319 e. The van der Waals surface area contributed by atoms with Crippen molar-refractivity contribution in [2.45, 2.75) is 24.8 Å². The van der Waals surface area contributed by atoms with Gasteiger partial charge in [-0.2, -0.15) is 18.3 Å². The zero-order valence-corrected chi connectivity index (χ0v) is 15.7. The number of aryl methyl sites for hydroxylation is 1. The van der Waals surface area contributed by atoms with Crippen LogP contribution in [0, 0.1) is 0 Å². The molecule has 0 spiro atoms. The summed E-state index contributed by atoms with van der Waals surface area (Å²) in [6, 6.07) is 12.3. The number of thioether (sulfide) groups is 1. The lowest BCUT2D eigenvalue weighted by Gasteiger charge is -2.06. The van der Waals surface area contributed by atoms with E-state index in [4.69, 9.17) is 0 Å². The molecular weight excluding hydrogens is 389 g/mol. The predicted molar refractivity (Wildman–Crippen MR) is 103 cm³/mol. The number of fused-ring (bicyclic) bond motifs is 1. The van der Waals surface area contributed by atoms with Crippen LogP contribution >= 0.6 is 11.8 Å². The van der Waals surface area contributed by atoms with Crippen LogP contribution in [0.4, 0.5) is 13.2 Å². The van der Waals surface area contributed by atoms with Crippen molar-refractivity contribution in [2.75, 3.05) is 5.75 Å². The van der Waals surface area contributed by atoms with Gasteiger partial charge in [-0.15, -0.1) is 0 Å². The molecule has 5 nitrogen and oxygen atoms in total. The third-order valence-electron chi connectivity index (χ3n) is 3.91.